The molecule has 0 bridgehead atoms. The fourth-order valence-electron chi connectivity index (χ4n) is 2.61. The Morgan fingerprint density at radius 2 is 2.13 bits per heavy atom. The largest absolute Gasteiger partial charge is 0.446 e. The predicted molar refractivity (Wildman–Crippen MR) is 82.0 cm³/mol. The fraction of sp³-hybridized carbons (Fsp3) is 0.600. The van der Waals surface area contributed by atoms with Crippen molar-refractivity contribution in [1.29, 1.82) is 0 Å². The number of hydrogen-bond acceptors (Lipinski definition) is 6. The van der Waals surface area contributed by atoms with Crippen molar-refractivity contribution in [1.82, 2.24) is 10.2 Å². The molecule has 2 heterocycles. The number of primary amides is 1. The molecule has 8 nitrogen and oxygen atoms in total. The highest BCUT2D eigenvalue weighted by Gasteiger charge is 2.41. The number of rotatable bonds is 8. The number of nitrogens with zero attached hydrogens (tertiary/aromatic N) is 1. The zero-order valence-electron chi connectivity index (χ0n) is 13.4. The van der Waals surface area contributed by atoms with E-state index in [-0.39, 0.29) is 24.2 Å². The van der Waals surface area contributed by atoms with Gasteiger partial charge in [0.05, 0.1) is 6.10 Å². The van der Waals surface area contributed by atoms with E-state index in [9.17, 15) is 14.7 Å². The van der Waals surface area contributed by atoms with Crippen molar-refractivity contribution < 1.29 is 23.8 Å². The summed E-state index contributed by atoms with van der Waals surface area (Å²) in [7, 11) is 1.67. The van der Waals surface area contributed by atoms with E-state index >= 15 is 0 Å². The minimum atomic E-state index is -0.958. The molecule has 2 rings (SSSR count). The van der Waals surface area contributed by atoms with Gasteiger partial charge in [-0.2, -0.15) is 0 Å². The highest BCUT2D eigenvalue weighted by molar-refractivity contribution is 5.95. The third-order valence-electron chi connectivity index (χ3n) is 3.94. The van der Waals surface area contributed by atoms with Gasteiger partial charge < -0.3 is 25.3 Å². The Balaban J connectivity index is 1.77. The van der Waals surface area contributed by atoms with Crippen LogP contribution in [0, 0.1) is 0 Å². The van der Waals surface area contributed by atoms with Crippen LogP contribution in [0.5, 0.6) is 0 Å². The first kappa shape index (κ1) is 17.5. The van der Waals surface area contributed by atoms with Crippen LogP contribution in [0.25, 0.3) is 0 Å². The predicted octanol–water partition coefficient (Wildman–Crippen LogP) is -0.420. The second kappa shape index (κ2) is 7.12. The maximum Gasteiger partial charge on any atom is 0.287 e. The van der Waals surface area contributed by atoms with Crippen LogP contribution in [0.15, 0.2) is 16.5 Å². The molecule has 1 aliphatic heterocycles. The molecule has 1 saturated heterocycles. The van der Waals surface area contributed by atoms with Gasteiger partial charge >= 0.3 is 0 Å². The lowest BCUT2D eigenvalue weighted by Gasteiger charge is -2.47. The monoisotopic (exact) mass is 325 g/mol. The molecule has 0 saturated carbocycles. The summed E-state index contributed by atoms with van der Waals surface area (Å²) < 4.78 is 10.3. The topological polar surface area (TPSA) is 118 Å². The van der Waals surface area contributed by atoms with Crippen molar-refractivity contribution in [3.63, 3.8) is 0 Å². The standard InChI is InChI=1S/C15H23N3O5/c1-3-10(22-2)6-18-8-15(21,9-18)7-17-14(20)12-5-4-11(23-12)13(16)19/h4-5,10,21H,3,6-9H2,1-2H3,(H2,16,19)(H,17,20). The number of furan rings is 1. The van der Waals surface area contributed by atoms with E-state index in [0.29, 0.717) is 13.1 Å². The number of amides is 2. The average Bonchev–Trinajstić information content (AvgIpc) is 2.98. The molecule has 23 heavy (non-hydrogen) atoms. The van der Waals surface area contributed by atoms with Gasteiger partial charge in [0.1, 0.15) is 5.60 Å². The summed E-state index contributed by atoms with van der Waals surface area (Å²) in [6, 6.07) is 2.71. The number of ether oxygens (including phenoxy) is 1. The minimum Gasteiger partial charge on any atom is -0.446 e. The molecule has 1 aromatic heterocycles. The number of carbonyl (C=O) groups excluding carboxylic acids is 2. The molecule has 2 amide bonds. The zero-order valence-corrected chi connectivity index (χ0v) is 13.4. The second-order valence-electron chi connectivity index (χ2n) is 5.87. The molecular weight excluding hydrogens is 302 g/mol. The summed E-state index contributed by atoms with van der Waals surface area (Å²) in [5.41, 5.74) is 4.10. The summed E-state index contributed by atoms with van der Waals surface area (Å²) in [5.74, 6) is -1.31. The van der Waals surface area contributed by atoms with Gasteiger partial charge in [-0.05, 0) is 18.6 Å². The number of β-amino-alcohol motifs (C(OH)–C–C–N with tert-alkyl or cyclic N) is 1. The molecule has 1 atom stereocenters. The van der Waals surface area contributed by atoms with Crippen LogP contribution < -0.4 is 11.1 Å². The van der Waals surface area contributed by atoms with Gasteiger partial charge in [-0.1, -0.05) is 6.92 Å². The van der Waals surface area contributed by atoms with Gasteiger partial charge in [0.15, 0.2) is 11.5 Å². The van der Waals surface area contributed by atoms with Crippen molar-refractivity contribution >= 4 is 11.8 Å². The molecule has 1 unspecified atom stereocenters. The number of nitrogens with one attached hydrogen (secondary N) is 1. The van der Waals surface area contributed by atoms with E-state index < -0.39 is 17.4 Å². The zero-order chi connectivity index (χ0) is 17.0. The van der Waals surface area contributed by atoms with E-state index in [1.165, 1.54) is 12.1 Å². The molecule has 0 aliphatic carbocycles. The van der Waals surface area contributed by atoms with Gasteiger partial charge in [0.2, 0.25) is 0 Å². The number of hydrogen-bond donors (Lipinski definition) is 3. The van der Waals surface area contributed by atoms with Crippen molar-refractivity contribution in [2.24, 2.45) is 5.73 Å². The van der Waals surface area contributed by atoms with Crippen LogP contribution in [-0.2, 0) is 4.74 Å². The van der Waals surface area contributed by atoms with Crippen LogP contribution >= 0.6 is 0 Å². The number of aliphatic hydroxyl groups is 1. The first-order valence-electron chi connectivity index (χ1n) is 7.52. The molecular formula is C15H23N3O5. The van der Waals surface area contributed by atoms with Gasteiger partial charge in [-0.25, -0.2) is 0 Å². The Morgan fingerprint density at radius 3 is 2.65 bits per heavy atom. The number of methoxy groups -OCH3 is 1. The van der Waals surface area contributed by atoms with Crippen molar-refractivity contribution in [2.75, 3.05) is 33.3 Å². The third kappa shape index (κ3) is 4.31. The molecule has 128 valence electrons. The van der Waals surface area contributed by atoms with Crippen molar-refractivity contribution in [3.8, 4) is 0 Å². The number of nitrogens with two attached hydrogens (primary N) is 1. The van der Waals surface area contributed by atoms with Gasteiger partial charge in [0, 0.05) is 33.3 Å². The molecule has 8 heteroatoms. The van der Waals surface area contributed by atoms with Crippen molar-refractivity contribution in [2.45, 2.75) is 25.0 Å². The first-order valence-corrected chi connectivity index (χ1v) is 7.52. The molecule has 0 aromatic carbocycles. The Morgan fingerprint density at radius 1 is 1.48 bits per heavy atom. The van der Waals surface area contributed by atoms with E-state index in [4.69, 9.17) is 14.9 Å². The molecule has 1 aliphatic rings. The molecule has 4 N–H and O–H groups in total. The lowest BCUT2D eigenvalue weighted by Crippen LogP contribution is -2.67. The molecule has 0 spiro atoms. The van der Waals surface area contributed by atoms with Crippen LogP contribution in [0.3, 0.4) is 0 Å². The van der Waals surface area contributed by atoms with Crippen LogP contribution in [-0.4, -0.2) is 66.8 Å². The highest BCUT2D eigenvalue weighted by Crippen LogP contribution is 2.21. The Labute approximate surface area is 134 Å². The van der Waals surface area contributed by atoms with Crippen LogP contribution in [0.2, 0.25) is 0 Å². The lowest BCUT2D eigenvalue weighted by molar-refractivity contribution is -0.108. The Kier molecular flexibility index (Phi) is 5.40. The van der Waals surface area contributed by atoms with Gasteiger partial charge in [0.25, 0.3) is 11.8 Å². The van der Waals surface area contributed by atoms with E-state index in [1.807, 2.05) is 6.92 Å². The van der Waals surface area contributed by atoms with Crippen LogP contribution in [0.1, 0.15) is 34.5 Å². The maximum atomic E-state index is 11.9. The molecule has 0 radical (unpaired) electrons. The van der Waals surface area contributed by atoms with Crippen molar-refractivity contribution in [3.05, 3.63) is 23.7 Å². The molecule has 1 aromatic rings. The summed E-state index contributed by atoms with van der Waals surface area (Å²) in [4.78, 5) is 24.9. The summed E-state index contributed by atoms with van der Waals surface area (Å²) in [6.07, 6.45) is 1.05. The Hall–Kier alpha value is -1.90. The quantitative estimate of drug-likeness (QED) is 0.597. The van der Waals surface area contributed by atoms with E-state index in [1.54, 1.807) is 7.11 Å². The summed E-state index contributed by atoms with van der Waals surface area (Å²) >= 11 is 0. The number of likely N-dealkylation sites (tertiary alicyclic amines) is 1. The van der Waals surface area contributed by atoms with Gasteiger partial charge in [-0.3, -0.25) is 14.5 Å². The van der Waals surface area contributed by atoms with E-state index in [2.05, 4.69) is 10.2 Å². The SMILES string of the molecule is CCC(CN1CC(O)(CNC(=O)c2ccc(C(N)=O)o2)C1)OC. The van der Waals surface area contributed by atoms with E-state index in [0.717, 1.165) is 13.0 Å². The van der Waals surface area contributed by atoms with Crippen LogP contribution in [0.4, 0.5) is 0 Å². The smallest absolute Gasteiger partial charge is 0.287 e. The maximum absolute atomic E-state index is 11.9. The third-order valence-corrected chi connectivity index (χ3v) is 3.94. The fourth-order valence-corrected chi connectivity index (χ4v) is 2.61. The normalized spacial score (nSPS) is 18.2. The summed E-state index contributed by atoms with van der Waals surface area (Å²) in [5, 5.41) is 12.9. The lowest BCUT2D eigenvalue weighted by atomic mass is 9.93. The summed E-state index contributed by atoms with van der Waals surface area (Å²) in [6.45, 7) is 3.85. The Bertz CT molecular complexity index is 561. The van der Waals surface area contributed by atoms with Gasteiger partial charge in [-0.15, -0.1) is 0 Å². The number of carbonyl (C=O) groups is 2. The first-order chi connectivity index (χ1) is 10.9. The minimum absolute atomic E-state index is 0.0102. The second-order valence-corrected chi connectivity index (χ2v) is 5.87. The average molecular weight is 325 g/mol. The highest BCUT2D eigenvalue weighted by atomic mass is 16.5. The molecule has 1 fully saturated rings.